The summed E-state index contributed by atoms with van der Waals surface area (Å²) in [4.78, 5) is 9.06. The molecule has 2 N–H and O–H groups in total. The Morgan fingerprint density at radius 1 is 1.22 bits per heavy atom. The SMILES string of the molecule is CCOCCNc1nc(C(C)C)nc(NC)c1C. The molecule has 0 amide bonds. The summed E-state index contributed by atoms with van der Waals surface area (Å²) in [5.41, 5.74) is 1.04. The van der Waals surface area contributed by atoms with Gasteiger partial charge in [0.1, 0.15) is 17.5 Å². The zero-order chi connectivity index (χ0) is 13.5. The molecule has 1 rings (SSSR count). The van der Waals surface area contributed by atoms with Gasteiger partial charge in [0.2, 0.25) is 0 Å². The molecule has 5 nitrogen and oxygen atoms in total. The van der Waals surface area contributed by atoms with Crippen LogP contribution < -0.4 is 10.6 Å². The van der Waals surface area contributed by atoms with E-state index in [9.17, 15) is 0 Å². The van der Waals surface area contributed by atoms with Crippen LogP contribution in [0.5, 0.6) is 0 Å². The first kappa shape index (κ1) is 14.7. The Kier molecular flexibility index (Phi) is 5.85. The maximum absolute atomic E-state index is 5.31. The lowest BCUT2D eigenvalue weighted by atomic mass is 10.2. The highest BCUT2D eigenvalue weighted by atomic mass is 16.5. The smallest absolute Gasteiger partial charge is 0.135 e. The van der Waals surface area contributed by atoms with Gasteiger partial charge in [-0.25, -0.2) is 9.97 Å². The van der Waals surface area contributed by atoms with Gasteiger partial charge in [-0.3, -0.25) is 0 Å². The van der Waals surface area contributed by atoms with E-state index in [-0.39, 0.29) is 0 Å². The second kappa shape index (κ2) is 7.16. The van der Waals surface area contributed by atoms with Gasteiger partial charge in [-0.05, 0) is 13.8 Å². The topological polar surface area (TPSA) is 59.1 Å². The third-order valence-electron chi connectivity index (χ3n) is 2.66. The van der Waals surface area contributed by atoms with Crippen molar-refractivity contribution in [3.63, 3.8) is 0 Å². The number of anilines is 2. The molecular weight excluding hydrogens is 228 g/mol. The van der Waals surface area contributed by atoms with Crippen LogP contribution in [-0.2, 0) is 4.74 Å². The van der Waals surface area contributed by atoms with Crippen molar-refractivity contribution in [2.45, 2.75) is 33.6 Å². The largest absolute Gasteiger partial charge is 0.380 e. The van der Waals surface area contributed by atoms with E-state index in [0.717, 1.165) is 36.2 Å². The van der Waals surface area contributed by atoms with Gasteiger partial charge >= 0.3 is 0 Å². The molecule has 5 heteroatoms. The fraction of sp³-hybridized carbons (Fsp3) is 0.692. The van der Waals surface area contributed by atoms with Gasteiger partial charge in [-0.15, -0.1) is 0 Å². The van der Waals surface area contributed by atoms with Gasteiger partial charge < -0.3 is 15.4 Å². The van der Waals surface area contributed by atoms with Crippen LogP contribution in [0.4, 0.5) is 11.6 Å². The Bertz CT molecular complexity index is 379. The van der Waals surface area contributed by atoms with Crippen molar-refractivity contribution in [1.29, 1.82) is 0 Å². The number of hydrogen-bond acceptors (Lipinski definition) is 5. The quantitative estimate of drug-likeness (QED) is 0.730. The number of rotatable bonds is 7. The van der Waals surface area contributed by atoms with Crippen molar-refractivity contribution in [3.05, 3.63) is 11.4 Å². The molecule has 0 aliphatic rings. The fourth-order valence-electron chi connectivity index (χ4n) is 1.59. The third kappa shape index (κ3) is 3.84. The van der Waals surface area contributed by atoms with Crippen LogP contribution in [0.15, 0.2) is 0 Å². The minimum Gasteiger partial charge on any atom is -0.380 e. The Hall–Kier alpha value is -1.36. The first-order valence-electron chi connectivity index (χ1n) is 6.48. The summed E-state index contributed by atoms with van der Waals surface area (Å²) in [5, 5.41) is 6.41. The molecule has 18 heavy (non-hydrogen) atoms. The van der Waals surface area contributed by atoms with E-state index in [1.165, 1.54) is 0 Å². The molecule has 0 aromatic carbocycles. The minimum absolute atomic E-state index is 0.310. The van der Waals surface area contributed by atoms with Crippen LogP contribution in [0.3, 0.4) is 0 Å². The molecule has 0 unspecified atom stereocenters. The van der Waals surface area contributed by atoms with Crippen molar-refractivity contribution >= 4 is 11.6 Å². The lowest BCUT2D eigenvalue weighted by molar-refractivity contribution is 0.158. The molecule has 0 fully saturated rings. The Balaban J connectivity index is 2.84. The summed E-state index contributed by atoms with van der Waals surface area (Å²) in [6, 6.07) is 0. The average molecular weight is 252 g/mol. The van der Waals surface area contributed by atoms with Gasteiger partial charge in [0.05, 0.1) is 6.61 Å². The normalized spacial score (nSPS) is 10.8. The van der Waals surface area contributed by atoms with Crippen LogP contribution in [0.25, 0.3) is 0 Å². The summed E-state index contributed by atoms with van der Waals surface area (Å²) in [6.45, 7) is 10.4. The molecular formula is C13H24N4O. The Morgan fingerprint density at radius 2 is 1.89 bits per heavy atom. The van der Waals surface area contributed by atoms with Crippen molar-refractivity contribution in [2.24, 2.45) is 0 Å². The maximum atomic E-state index is 5.31. The molecule has 0 aliphatic heterocycles. The second-order valence-electron chi connectivity index (χ2n) is 4.43. The molecule has 0 bridgehead atoms. The minimum atomic E-state index is 0.310. The van der Waals surface area contributed by atoms with Crippen molar-refractivity contribution in [2.75, 3.05) is 37.4 Å². The summed E-state index contributed by atoms with van der Waals surface area (Å²) in [7, 11) is 1.88. The predicted octanol–water partition coefficient (Wildman–Crippen LogP) is 2.40. The van der Waals surface area contributed by atoms with Crippen LogP contribution >= 0.6 is 0 Å². The highest BCUT2D eigenvalue weighted by Crippen LogP contribution is 2.22. The standard InChI is InChI=1S/C13H24N4O/c1-6-18-8-7-15-13-10(4)12(14-5)16-11(17-13)9(2)3/h9H,6-8H2,1-5H3,(H2,14,15,16,17). The van der Waals surface area contributed by atoms with Crippen LogP contribution in [0, 0.1) is 6.92 Å². The van der Waals surface area contributed by atoms with E-state index in [2.05, 4.69) is 34.4 Å². The lowest BCUT2D eigenvalue weighted by Gasteiger charge is -2.15. The monoisotopic (exact) mass is 252 g/mol. The molecule has 1 heterocycles. The van der Waals surface area contributed by atoms with Crippen LogP contribution in [-0.4, -0.2) is 36.8 Å². The molecule has 0 spiro atoms. The number of nitrogens with one attached hydrogen (secondary N) is 2. The molecule has 0 atom stereocenters. The Morgan fingerprint density at radius 3 is 2.44 bits per heavy atom. The zero-order valence-corrected chi connectivity index (χ0v) is 12.0. The molecule has 1 aromatic rings. The van der Waals surface area contributed by atoms with E-state index in [1.54, 1.807) is 0 Å². The van der Waals surface area contributed by atoms with E-state index < -0.39 is 0 Å². The highest BCUT2D eigenvalue weighted by Gasteiger charge is 2.11. The van der Waals surface area contributed by atoms with Gasteiger partial charge in [-0.2, -0.15) is 0 Å². The number of nitrogens with zero attached hydrogens (tertiary/aromatic N) is 2. The zero-order valence-electron chi connectivity index (χ0n) is 12.0. The Labute approximate surface area is 109 Å². The summed E-state index contributed by atoms with van der Waals surface area (Å²) < 4.78 is 5.31. The maximum Gasteiger partial charge on any atom is 0.135 e. The van der Waals surface area contributed by atoms with Gasteiger partial charge in [-0.1, -0.05) is 13.8 Å². The third-order valence-corrected chi connectivity index (χ3v) is 2.66. The number of hydrogen-bond donors (Lipinski definition) is 2. The summed E-state index contributed by atoms with van der Waals surface area (Å²) >= 11 is 0. The number of ether oxygens (including phenoxy) is 1. The van der Waals surface area contributed by atoms with E-state index in [4.69, 9.17) is 4.74 Å². The number of aromatic nitrogens is 2. The van der Waals surface area contributed by atoms with Crippen molar-refractivity contribution in [3.8, 4) is 0 Å². The first-order valence-corrected chi connectivity index (χ1v) is 6.48. The molecule has 0 saturated carbocycles. The van der Waals surface area contributed by atoms with E-state index >= 15 is 0 Å². The average Bonchev–Trinajstić information content (AvgIpc) is 2.36. The molecule has 1 aromatic heterocycles. The van der Waals surface area contributed by atoms with Gasteiger partial charge in [0.15, 0.2) is 0 Å². The first-order chi connectivity index (χ1) is 8.60. The van der Waals surface area contributed by atoms with Crippen LogP contribution in [0.1, 0.15) is 38.1 Å². The summed E-state index contributed by atoms with van der Waals surface area (Å²) in [5.74, 6) is 2.93. The van der Waals surface area contributed by atoms with Gasteiger partial charge in [0, 0.05) is 31.7 Å². The predicted molar refractivity (Wildman–Crippen MR) is 75.4 cm³/mol. The van der Waals surface area contributed by atoms with Crippen molar-refractivity contribution < 1.29 is 4.74 Å². The summed E-state index contributed by atoms with van der Waals surface area (Å²) in [6.07, 6.45) is 0. The van der Waals surface area contributed by atoms with Crippen LogP contribution in [0.2, 0.25) is 0 Å². The van der Waals surface area contributed by atoms with E-state index in [1.807, 2.05) is 20.9 Å². The fourth-order valence-corrected chi connectivity index (χ4v) is 1.59. The highest BCUT2D eigenvalue weighted by molar-refractivity contribution is 5.57. The lowest BCUT2D eigenvalue weighted by Crippen LogP contribution is -2.14. The molecule has 0 aliphatic carbocycles. The van der Waals surface area contributed by atoms with Crippen molar-refractivity contribution in [1.82, 2.24) is 9.97 Å². The second-order valence-corrected chi connectivity index (χ2v) is 4.43. The molecule has 0 radical (unpaired) electrons. The molecule has 102 valence electrons. The van der Waals surface area contributed by atoms with Gasteiger partial charge in [0.25, 0.3) is 0 Å². The molecule has 0 saturated heterocycles. The van der Waals surface area contributed by atoms with E-state index in [0.29, 0.717) is 12.5 Å².